The van der Waals surface area contributed by atoms with Crippen LogP contribution in [-0.4, -0.2) is 47.7 Å². The maximum atomic E-state index is 12.1. The largest absolute Gasteiger partial charge is 0.409 e. The van der Waals surface area contributed by atoms with E-state index in [1.807, 2.05) is 4.90 Å². The molecule has 0 aromatic rings. The zero-order chi connectivity index (χ0) is 13.7. The van der Waals surface area contributed by atoms with Gasteiger partial charge in [-0.3, -0.25) is 4.79 Å². The maximum absolute atomic E-state index is 12.1. The van der Waals surface area contributed by atoms with Gasteiger partial charge in [0.15, 0.2) is 0 Å². The number of nitrogens with two attached hydrogens (primary N) is 1. The van der Waals surface area contributed by atoms with Crippen LogP contribution in [0.3, 0.4) is 0 Å². The van der Waals surface area contributed by atoms with E-state index in [9.17, 15) is 4.79 Å². The first-order chi connectivity index (χ1) is 9.20. The van der Waals surface area contributed by atoms with Gasteiger partial charge in [0, 0.05) is 32.0 Å². The minimum atomic E-state index is -0.00886. The molecular weight excluding hydrogens is 246 g/mol. The van der Waals surface area contributed by atoms with Crippen LogP contribution in [0.1, 0.15) is 38.5 Å². The van der Waals surface area contributed by atoms with Crippen LogP contribution < -0.4 is 5.73 Å². The third kappa shape index (κ3) is 3.83. The molecule has 6 nitrogen and oxygen atoms in total. The molecule has 0 spiro atoms. The monoisotopic (exact) mass is 269 g/mol. The Hall–Kier alpha value is -1.30. The lowest BCUT2D eigenvalue weighted by Gasteiger charge is -2.32. The van der Waals surface area contributed by atoms with E-state index >= 15 is 0 Å². The van der Waals surface area contributed by atoms with Crippen LogP contribution in [0.2, 0.25) is 0 Å². The predicted octanol–water partition coefficient (Wildman–Crippen LogP) is 0.931. The number of oxime groups is 1. The fourth-order valence-corrected chi connectivity index (χ4v) is 2.84. The van der Waals surface area contributed by atoms with Gasteiger partial charge >= 0.3 is 0 Å². The molecule has 19 heavy (non-hydrogen) atoms. The first kappa shape index (κ1) is 14.1. The Morgan fingerprint density at radius 3 is 2.95 bits per heavy atom. The Balaban J connectivity index is 1.78. The smallest absolute Gasteiger partial charge is 0.222 e. The molecule has 2 unspecified atom stereocenters. The number of piperidine rings is 1. The number of amidine groups is 1. The average molecular weight is 269 g/mol. The second kappa shape index (κ2) is 6.75. The molecule has 2 aliphatic rings. The van der Waals surface area contributed by atoms with Crippen molar-refractivity contribution in [1.82, 2.24) is 4.90 Å². The van der Waals surface area contributed by atoms with Crippen LogP contribution in [0.4, 0.5) is 0 Å². The summed E-state index contributed by atoms with van der Waals surface area (Å²) in [4.78, 5) is 14.0. The van der Waals surface area contributed by atoms with E-state index in [-0.39, 0.29) is 23.8 Å². The predicted molar refractivity (Wildman–Crippen MR) is 70.9 cm³/mol. The summed E-state index contributed by atoms with van der Waals surface area (Å²) in [6, 6.07) is 0. The number of hydrogen-bond acceptors (Lipinski definition) is 4. The van der Waals surface area contributed by atoms with Gasteiger partial charge in [-0.2, -0.15) is 0 Å². The van der Waals surface area contributed by atoms with Gasteiger partial charge in [0.25, 0.3) is 0 Å². The number of hydrogen-bond donors (Lipinski definition) is 2. The van der Waals surface area contributed by atoms with Crippen molar-refractivity contribution in [2.75, 3.05) is 19.7 Å². The highest BCUT2D eigenvalue weighted by atomic mass is 16.5. The van der Waals surface area contributed by atoms with Crippen molar-refractivity contribution in [2.24, 2.45) is 16.8 Å². The normalized spacial score (nSPS) is 28.6. The summed E-state index contributed by atoms with van der Waals surface area (Å²) in [7, 11) is 0. The van der Waals surface area contributed by atoms with Crippen molar-refractivity contribution in [1.29, 1.82) is 0 Å². The Morgan fingerprint density at radius 1 is 1.42 bits per heavy atom. The van der Waals surface area contributed by atoms with Crippen LogP contribution in [0.25, 0.3) is 0 Å². The molecule has 0 radical (unpaired) electrons. The lowest BCUT2D eigenvalue weighted by Crippen LogP contribution is -2.44. The summed E-state index contributed by atoms with van der Waals surface area (Å²) < 4.78 is 5.52. The number of carbonyl (C=O) groups excluding carboxylic acids is 1. The number of amides is 1. The van der Waals surface area contributed by atoms with Gasteiger partial charge in [-0.15, -0.1) is 0 Å². The van der Waals surface area contributed by atoms with Crippen LogP contribution in [0.15, 0.2) is 5.16 Å². The topological polar surface area (TPSA) is 88.2 Å². The summed E-state index contributed by atoms with van der Waals surface area (Å²) in [6.45, 7) is 2.17. The van der Waals surface area contributed by atoms with Gasteiger partial charge in [0.2, 0.25) is 5.91 Å². The van der Waals surface area contributed by atoms with Crippen LogP contribution >= 0.6 is 0 Å². The van der Waals surface area contributed by atoms with Crippen molar-refractivity contribution < 1.29 is 14.7 Å². The highest BCUT2D eigenvalue weighted by Crippen LogP contribution is 2.20. The molecule has 0 aromatic carbocycles. The zero-order valence-electron chi connectivity index (χ0n) is 11.3. The van der Waals surface area contributed by atoms with Gasteiger partial charge in [-0.25, -0.2) is 0 Å². The van der Waals surface area contributed by atoms with E-state index < -0.39 is 0 Å². The Morgan fingerprint density at radius 2 is 2.26 bits per heavy atom. The number of nitrogens with zero attached hydrogens (tertiary/aromatic N) is 2. The maximum Gasteiger partial charge on any atom is 0.222 e. The highest BCUT2D eigenvalue weighted by Gasteiger charge is 2.27. The number of rotatable bonds is 4. The molecule has 2 atom stereocenters. The van der Waals surface area contributed by atoms with E-state index in [1.165, 1.54) is 0 Å². The molecule has 3 N–H and O–H groups in total. The Labute approximate surface area is 113 Å². The Bertz CT molecular complexity index is 340. The van der Waals surface area contributed by atoms with Gasteiger partial charge in [-0.1, -0.05) is 5.16 Å². The lowest BCUT2D eigenvalue weighted by atomic mass is 9.96. The van der Waals surface area contributed by atoms with Gasteiger partial charge in [-0.05, 0) is 32.1 Å². The van der Waals surface area contributed by atoms with E-state index in [1.54, 1.807) is 0 Å². The molecular formula is C13H23N3O3. The number of ether oxygens (including phenoxy) is 1. The minimum Gasteiger partial charge on any atom is -0.409 e. The first-order valence-electron chi connectivity index (χ1n) is 7.07. The quantitative estimate of drug-likeness (QED) is 0.344. The number of likely N-dealkylation sites (tertiary alicyclic amines) is 1. The second-order valence-corrected chi connectivity index (χ2v) is 5.38. The molecule has 2 fully saturated rings. The van der Waals surface area contributed by atoms with Crippen molar-refractivity contribution in [3.05, 3.63) is 0 Å². The molecule has 2 aliphatic heterocycles. The molecule has 0 aromatic heterocycles. The van der Waals surface area contributed by atoms with E-state index in [0.29, 0.717) is 13.0 Å². The third-order valence-corrected chi connectivity index (χ3v) is 4.01. The van der Waals surface area contributed by atoms with Crippen LogP contribution in [0, 0.1) is 5.92 Å². The van der Waals surface area contributed by atoms with Crippen molar-refractivity contribution in [3.8, 4) is 0 Å². The molecule has 2 rings (SSSR count). The summed E-state index contributed by atoms with van der Waals surface area (Å²) >= 11 is 0. The summed E-state index contributed by atoms with van der Waals surface area (Å²) in [5, 5.41) is 11.8. The highest BCUT2D eigenvalue weighted by molar-refractivity contribution is 5.84. The summed E-state index contributed by atoms with van der Waals surface area (Å²) in [6.07, 6.45) is 5.57. The first-order valence-corrected chi connectivity index (χ1v) is 7.07. The second-order valence-electron chi connectivity index (χ2n) is 5.38. The molecule has 2 heterocycles. The van der Waals surface area contributed by atoms with E-state index in [0.717, 1.165) is 45.3 Å². The van der Waals surface area contributed by atoms with Crippen LogP contribution in [-0.2, 0) is 9.53 Å². The molecule has 1 amide bonds. The molecule has 6 heteroatoms. The van der Waals surface area contributed by atoms with Gasteiger partial charge < -0.3 is 20.6 Å². The fraction of sp³-hybridized carbons (Fsp3) is 0.846. The third-order valence-electron chi connectivity index (χ3n) is 4.01. The fourth-order valence-electron chi connectivity index (χ4n) is 2.84. The lowest BCUT2D eigenvalue weighted by molar-refractivity contribution is -0.133. The molecule has 2 saturated heterocycles. The van der Waals surface area contributed by atoms with E-state index in [4.69, 9.17) is 15.7 Å². The SMILES string of the molecule is NC(=NO)C1CCCN(C(=O)CCC2CCCO2)C1. The number of carbonyl (C=O) groups is 1. The standard InChI is InChI=1S/C13H23N3O3/c14-13(15-18)10-3-1-7-16(9-10)12(17)6-5-11-4-2-8-19-11/h10-11,18H,1-9H2,(H2,14,15). The van der Waals surface area contributed by atoms with Gasteiger partial charge in [0.05, 0.1) is 6.10 Å². The Kier molecular flexibility index (Phi) is 5.01. The molecule has 108 valence electrons. The minimum absolute atomic E-state index is 0.00886. The molecule has 0 bridgehead atoms. The summed E-state index contributed by atoms with van der Waals surface area (Å²) in [5.41, 5.74) is 5.63. The average Bonchev–Trinajstić information content (AvgIpc) is 2.97. The van der Waals surface area contributed by atoms with Crippen molar-refractivity contribution >= 4 is 11.7 Å². The van der Waals surface area contributed by atoms with Crippen LogP contribution in [0.5, 0.6) is 0 Å². The zero-order valence-corrected chi connectivity index (χ0v) is 11.3. The van der Waals surface area contributed by atoms with E-state index in [2.05, 4.69) is 5.16 Å². The van der Waals surface area contributed by atoms with Crippen molar-refractivity contribution in [2.45, 2.75) is 44.6 Å². The van der Waals surface area contributed by atoms with Crippen molar-refractivity contribution in [3.63, 3.8) is 0 Å². The van der Waals surface area contributed by atoms with Gasteiger partial charge in [0.1, 0.15) is 5.84 Å². The summed E-state index contributed by atoms with van der Waals surface area (Å²) in [5.74, 6) is 0.382. The molecule has 0 aliphatic carbocycles. The molecule has 0 saturated carbocycles.